The topological polar surface area (TPSA) is 26.3 Å². The summed E-state index contributed by atoms with van der Waals surface area (Å²) in [7, 11) is 0. The first-order chi connectivity index (χ1) is 6.42. The summed E-state index contributed by atoms with van der Waals surface area (Å²) in [5.41, 5.74) is 0. The number of ether oxygens (including phenoxy) is 1. The second-order valence-corrected chi connectivity index (χ2v) is 2.49. The van der Waals surface area contributed by atoms with Crippen LogP contribution in [0.5, 0.6) is 0 Å². The van der Waals surface area contributed by atoms with E-state index in [0.717, 1.165) is 0 Å². The van der Waals surface area contributed by atoms with Gasteiger partial charge in [-0.2, -0.15) is 8.78 Å². The maximum atomic E-state index is 12.2. The molecule has 0 aliphatic rings. The number of halogens is 4. The molecule has 0 heterocycles. The minimum atomic E-state index is -4.71. The van der Waals surface area contributed by atoms with Gasteiger partial charge in [-0.25, -0.2) is 13.6 Å². The van der Waals surface area contributed by atoms with Crippen LogP contribution in [-0.2, 0) is 9.53 Å². The Labute approximate surface area is 78.5 Å². The van der Waals surface area contributed by atoms with Crippen LogP contribution in [0.25, 0.3) is 0 Å². The molecule has 0 fully saturated rings. The van der Waals surface area contributed by atoms with Crippen LogP contribution < -0.4 is 0 Å². The number of unbranched alkanes of at least 4 members (excludes halogenated alkanes) is 1. The number of rotatable bonds is 6. The molecule has 0 spiro atoms. The molecular weight excluding hydrogens is 204 g/mol. The lowest BCUT2D eigenvalue weighted by molar-refractivity contribution is -0.194. The first-order valence-electron chi connectivity index (χ1n) is 3.87. The van der Waals surface area contributed by atoms with Gasteiger partial charge in [0.25, 0.3) is 0 Å². The normalized spacial score (nSPS) is 11.5. The second-order valence-electron chi connectivity index (χ2n) is 2.49. The molecule has 0 amide bonds. The zero-order valence-corrected chi connectivity index (χ0v) is 7.31. The molecule has 0 aromatic rings. The van der Waals surface area contributed by atoms with E-state index in [1.165, 1.54) is 6.08 Å². The number of hydrogen-bond acceptors (Lipinski definition) is 2. The molecule has 82 valence electrons. The van der Waals surface area contributed by atoms with E-state index < -0.39 is 18.3 Å². The molecular formula is C8H10F4O2. The molecule has 0 aromatic heterocycles. The number of carbonyl (C=O) groups is 1. The van der Waals surface area contributed by atoms with Gasteiger partial charge in [0, 0.05) is 0 Å². The molecule has 6 heteroatoms. The summed E-state index contributed by atoms with van der Waals surface area (Å²) in [6.07, 6.45) is -1.78. The second kappa shape index (κ2) is 5.62. The van der Waals surface area contributed by atoms with Gasteiger partial charge in [-0.15, -0.1) is 6.58 Å². The molecule has 0 aliphatic heterocycles. The smallest absolute Gasteiger partial charge is 0.401 e. The quantitative estimate of drug-likeness (QED) is 0.293. The molecule has 14 heavy (non-hydrogen) atoms. The van der Waals surface area contributed by atoms with Gasteiger partial charge in [0.1, 0.15) is 0 Å². The van der Waals surface area contributed by atoms with Gasteiger partial charge >= 0.3 is 18.3 Å². The van der Waals surface area contributed by atoms with Crippen molar-refractivity contribution in [1.82, 2.24) is 0 Å². The van der Waals surface area contributed by atoms with Crippen molar-refractivity contribution >= 4 is 5.97 Å². The van der Waals surface area contributed by atoms with Crippen molar-refractivity contribution in [3.8, 4) is 0 Å². The Bertz CT molecular complexity index is 204. The summed E-state index contributed by atoms with van der Waals surface area (Å²) < 4.78 is 51.5. The molecule has 0 bridgehead atoms. The highest BCUT2D eigenvalue weighted by molar-refractivity contribution is 5.78. The summed E-state index contributed by atoms with van der Waals surface area (Å²) in [6.45, 7) is 3.03. The lowest BCUT2D eigenvalue weighted by atomic mass is 10.3. The van der Waals surface area contributed by atoms with Gasteiger partial charge in [-0.3, -0.25) is 0 Å². The average molecular weight is 214 g/mol. The van der Waals surface area contributed by atoms with Gasteiger partial charge in [0.05, 0.1) is 6.61 Å². The molecule has 0 saturated carbocycles. The molecule has 0 radical (unpaired) electrons. The van der Waals surface area contributed by atoms with E-state index in [4.69, 9.17) is 0 Å². The Kier molecular flexibility index (Phi) is 5.19. The van der Waals surface area contributed by atoms with E-state index >= 15 is 0 Å². The van der Waals surface area contributed by atoms with E-state index in [9.17, 15) is 22.4 Å². The summed E-state index contributed by atoms with van der Waals surface area (Å²) >= 11 is 0. The number of alkyl halides is 4. The summed E-state index contributed by atoms with van der Waals surface area (Å²) in [4.78, 5) is 10.4. The zero-order valence-electron chi connectivity index (χ0n) is 7.31. The van der Waals surface area contributed by atoms with Crippen LogP contribution in [-0.4, -0.2) is 24.9 Å². The maximum absolute atomic E-state index is 12.2. The summed E-state index contributed by atoms with van der Waals surface area (Å²) in [5, 5.41) is 0. The standard InChI is InChI=1S/C8H10F4O2/c1-2-3-4-5-14-7(13)8(11,12)6(9)10/h2,6H,1,3-5H2. The summed E-state index contributed by atoms with van der Waals surface area (Å²) in [6, 6.07) is 0. The van der Waals surface area contributed by atoms with E-state index in [0.29, 0.717) is 6.42 Å². The third-order valence-corrected chi connectivity index (χ3v) is 1.33. The Morgan fingerprint density at radius 2 is 2.07 bits per heavy atom. The zero-order chi connectivity index (χ0) is 11.2. The third-order valence-electron chi connectivity index (χ3n) is 1.33. The average Bonchev–Trinajstić information content (AvgIpc) is 2.11. The number of carbonyl (C=O) groups excluding carboxylic acids is 1. The van der Waals surface area contributed by atoms with Crippen LogP contribution in [0.15, 0.2) is 12.7 Å². The SMILES string of the molecule is C=CCCCOC(=O)C(F)(F)C(F)F. The Morgan fingerprint density at radius 1 is 1.50 bits per heavy atom. The molecule has 0 aliphatic carbocycles. The van der Waals surface area contributed by atoms with Crippen LogP contribution in [0.4, 0.5) is 17.6 Å². The molecule has 0 rings (SSSR count). The first-order valence-corrected chi connectivity index (χ1v) is 3.87. The van der Waals surface area contributed by atoms with Crippen molar-refractivity contribution in [2.75, 3.05) is 6.61 Å². The number of hydrogen-bond donors (Lipinski definition) is 0. The van der Waals surface area contributed by atoms with Gasteiger partial charge in [-0.1, -0.05) is 6.08 Å². The largest absolute Gasteiger partial charge is 0.461 e. The Hall–Kier alpha value is -1.07. The van der Waals surface area contributed by atoms with Gasteiger partial charge < -0.3 is 4.74 Å². The van der Waals surface area contributed by atoms with E-state index in [1.54, 1.807) is 0 Å². The molecule has 0 N–H and O–H groups in total. The summed E-state index contributed by atoms with van der Waals surface area (Å²) in [5.74, 6) is -6.90. The van der Waals surface area contributed by atoms with Crippen molar-refractivity contribution in [2.24, 2.45) is 0 Å². The highest BCUT2D eigenvalue weighted by Crippen LogP contribution is 2.24. The van der Waals surface area contributed by atoms with Crippen molar-refractivity contribution in [3.63, 3.8) is 0 Å². The van der Waals surface area contributed by atoms with Crippen LogP contribution in [0, 0.1) is 0 Å². The molecule has 0 saturated heterocycles. The highest BCUT2D eigenvalue weighted by Gasteiger charge is 2.50. The monoisotopic (exact) mass is 214 g/mol. The maximum Gasteiger partial charge on any atom is 0.401 e. The van der Waals surface area contributed by atoms with Crippen molar-refractivity contribution < 1.29 is 27.1 Å². The highest BCUT2D eigenvalue weighted by atomic mass is 19.3. The fourth-order valence-electron chi connectivity index (χ4n) is 0.578. The Morgan fingerprint density at radius 3 is 2.50 bits per heavy atom. The van der Waals surface area contributed by atoms with Gasteiger partial charge in [0.2, 0.25) is 0 Å². The van der Waals surface area contributed by atoms with Crippen LogP contribution >= 0.6 is 0 Å². The minimum absolute atomic E-state index is 0.286. The number of allylic oxidation sites excluding steroid dienone is 1. The van der Waals surface area contributed by atoms with Crippen LogP contribution in [0.1, 0.15) is 12.8 Å². The predicted molar refractivity (Wildman–Crippen MR) is 41.3 cm³/mol. The van der Waals surface area contributed by atoms with E-state index in [1.807, 2.05) is 0 Å². The number of esters is 1. The van der Waals surface area contributed by atoms with Crippen molar-refractivity contribution in [2.45, 2.75) is 25.2 Å². The lowest BCUT2D eigenvalue weighted by Gasteiger charge is -2.13. The van der Waals surface area contributed by atoms with Gasteiger partial charge in [-0.05, 0) is 12.8 Å². The first kappa shape index (κ1) is 12.9. The van der Waals surface area contributed by atoms with E-state index in [-0.39, 0.29) is 13.0 Å². The van der Waals surface area contributed by atoms with E-state index in [2.05, 4.69) is 11.3 Å². The van der Waals surface area contributed by atoms with Gasteiger partial charge in [0.15, 0.2) is 0 Å². The van der Waals surface area contributed by atoms with Crippen LogP contribution in [0.3, 0.4) is 0 Å². The Balaban J connectivity index is 3.89. The predicted octanol–water partition coefficient (Wildman–Crippen LogP) is 2.40. The third kappa shape index (κ3) is 3.76. The van der Waals surface area contributed by atoms with Crippen molar-refractivity contribution in [1.29, 1.82) is 0 Å². The van der Waals surface area contributed by atoms with Crippen molar-refractivity contribution in [3.05, 3.63) is 12.7 Å². The fraction of sp³-hybridized carbons (Fsp3) is 0.625. The van der Waals surface area contributed by atoms with Crippen LogP contribution in [0.2, 0.25) is 0 Å². The molecule has 0 atom stereocenters. The lowest BCUT2D eigenvalue weighted by Crippen LogP contribution is -2.38. The fourth-order valence-corrected chi connectivity index (χ4v) is 0.578. The molecule has 2 nitrogen and oxygen atoms in total. The minimum Gasteiger partial charge on any atom is -0.461 e. The molecule has 0 aromatic carbocycles. The molecule has 0 unspecified atom stereocenters.